The maximum Gasteiger partial charge on any atom is 0.255 e. The fraction of sp³-hybridized carbons (Fsp3) is 0.548. The minimum atomic E-state index is -2.72. The largest absolute Gasteiger partial charge is 0.510 e. The Kier molecular flexibility index (Phi) is 8.02. The summed E-state index contributed by atoms with van der Waals surface area (Å²) in [6, 6.07) is 0.536. The number of benzene rings is 1. The van der Waals surface area contributed by atoms with Crippen molar-refractivity contribution in [2.75, 3.05) is 58.0 Å². The molecule has 13 heteroatoms. The first-order chi connectivity index (χ1) is 20.6. The molecule has 1 aromatic carbocycles. The van der Waals surface area contributed by atoms with Gasteiger partial charge < -0.3 is 36.4 Å². The smallest absolute Gasteiger partial charge is 0.255 e. The summed E-state index contributed by atoms with van der Waals surface area (Å²) < 4.78 is 0. The number of anilines is 2. The highest BCUT2D eigenvalue weighted by Gasteiger charge is 2.63. The number of nitrogens with two attached hydrogens (primary N) is 1. The molecule has 1 aliphatic heterocycles. The maximum atomic E-state index is 14.2. The molecule has 0 aromatic heterocycles. The number of amides is 2. The molecular formula is C31H41N5O8. The third-order valence-electron chi connectivity index (χ3n) is 9.70. The Morgan fingerprint density at radius 1 is 1.11 bits per heavy atom. The van der Waals surface area contributed by atoms with Crippen molar-refractivity contribution < 1.29 is 39.6 Å². The average molecular weight is 612 g/mol. The highest BCUT2D eigenvalue weighted by atomic mass is 16.3. The van der Waals surface area contributed by atoms with Crippen molar-refractivity contribution in [3.63, 3.8) is 0 Å². The molecule has 0 saturated carbocycles. The Bertz CT molecular complexity index is 1510. The van der Waals surface area contributed by atoms with Crippen LogP contribution in [0.15, 0.2) is 28.7 Å². The predicted molar refractivity (Wildman–Crippen MR) is 161 cm³/mol. The van der Waals surface area contributed by atoms with E-state index in [2.05, 4.69) is 12.2 Å². The molecule has 0 radical (unpaired) electrons. The van der Waals surface area contributed by atoms with Gasteiger partial charge in [-0.05, 0) is 76.3 Å². The topological polar surface area (TPSA) is 197 Å². The van der Waals surface area contributed by atoms with E-state index < -0.39 is 63.8 Å². The lowest BCUT2D eigenvalue weighted by molar-refractivity contribution is -0.148. The van der Waals surface area contributed by atoms with Gasteiger partial charge in [-0.2, -0.15) is 0 Å². The van der Waals surface area contributed by atoms with Gasteiger partial charge >= 0.3 is 0 Å². The Hall–Kier alpha value is -3.94. The second kappa shape index (κ2) is 11.2. The highest BCUT2D eigenvalue weighted by molar-refractivity contribution is 6.25. The summed E-state index contributed by atoms with van der Waals surface area (Å²) in [4.78, 5) is 58.2. The zero-order valence-corrected chi connectivity index (χ0v) is 25.7. The van der Waals surface area contributed by atoms with Gasteiger partial charge in [-0.1, -0.05) is 6.92 Å². The van der Waals surface area contributed by atoms with Gasteiger partial charge in [0.25, 0.3) is 5.91 Å². The van der Waals surface area contributed by atoms with Gasteiger partial charge in [-0.25, -0.2) is 0 Å². The maximum absolute atomic E-state index is 14.2. The molecule has 4 atom stereocenters. The lowest BCUT2D eigenvalue weighted by Crippen LogP contribution is -2.63. The van der Waals surface area contributed by atoms with E-state index >= 15 is 0 Å². The normalized spacial score (nSPS) is 27.7. The molecule has 0 bridgehead atoms. The van der Waals surface area contributed by atoms with Crippen LogP contribution in [-0.4, -0.2) is 113 Å². The van der Waals surface area contributed by atoms with Gasteiger partial charge in [-0.15, -0.1) is 0 Å². The predicted octanol–water partition coefficient (Wildman–Crippen LogP) is 0.857. The molecule has 1 fully saturated rings. The van der Waals surface area contributed by atoms with Crippen LogP contribution >= 0.6 is 0 Å². The number of likely N-dealkylation sites (N-methyl/N-ethyl adjacent to an activating group) is 1. The monoisotopic (exact) mass is 611 g/mol. The van der Waals surface area contributed by atoms with Crippen molar-refractivity contribution in [3.05, 3.63) is 39.9 Å². The van der Waals surface area contributed by atoms with Crippen molar-refractivity contribution in [1.29, 1.82) is 0 Å². The summed E-state index contributed by atoms with van der Waals surface area (Å²) in [5, 5.41) is 48.4. The number of hydrogen-bond acceptors (Lipinski definition) is 11. The molecule has 1 aromatic rings. The summed E-state index contributed by atoms with van der Waals surface area (Å²) in [7, 11) is 6.68. The number of phenolic OH excluding ortho intramolecular Hbond substituents is 1. The number of nitrogens with one attached hydrogen (secondary N) is 1. The average Bonchev–Trinajstić information content (AvgIpc) is 2.93. The summed E-state index contributed by atoms with van der Waals surface area (Å²) in [6.07, 6.45) is 2.11. The molecule has 7 N–H and O–H groups in total. The van der Waals surface area contributed by atoms with E-state index in [1.54, 1.807) is 39.2 Å². The van der Waals surface area contributed by atoms with Gasteiger partial charge in [0.15, 0.2) is 17.1 Å². The fourth-order valence-electron chi connectivity index (χ4n) is 7.41. The number of fused-ring (bicyclic) bond motifs is 3. The third kappa shape index (κ3) is 4.83. The second-order valence-electron chi connectivity index (χ2n) is 13.0. The number of primary amides is 1. The summed E-state index contributed by atoms with van der Waals surface area (Å²) in [5.74, 6) is -6.98. The number of phenols is 1. The van der Waals surface area contributed by atoms with Crippen LogP contribution in [0, 0.1) is 17.8 Å². The van der Waals surface area contributed by atoms with Gasteiger partial charge in [0.05, 0.1) is 23.8 Å². The number of carbonyl (C=O) groups is 4. The Labute approximate surface area is 255 Å². The number of nitrogens with zero attached hydrogens (tertiary/aromatic N) is 3. The molecule has 5 rings (SSSR count). The molecule has 1 saturated heterocycles. The molecular weight excluding hydrogens is 570 g/mol. The molecule has 4 aliphatic rings. The zero-order valence-electron chi connectivity index (χ0n) is 25.7. The van der Waals surface area contributed by atoms with Crippen LogP contribution in [0.1, 0.15) is 42.1 Å². The van der Waals surface area contributed by atoms with Crippen molar-refractivity contribution in [2.24, 2.45) is 23.5 Å². The van der Waals surface area contributed by atoms with Gasteiger partial charge in [0.1, 0.15) is 17.1 Å². The molecule has 2 amide bonds. The van der Waals surface area contributed by atoms with E-state index in [0.29, 0.717) is 17.2 Å². The van der Waals surface area contributed by atoms with Gasteiger partial charge in [-0.3, -0.25) is 29.0 Å². The summed E-state index contributed by atoms with van der Waals surface area (Å²) in [6.45, 7) is 3.85. The molecule has 0 spiro atoms. The molecule has 2 unspecified atom stereocenters. The molecule has 238 valence electrons. The second-order valence-corrected chi connectivity index (χ2v) is 13.0. The lowest BCUT2D eigenvalue weighted by atomic mass is 9.58. The number of aliphatic hydroxyl groups is 3. The van der Waals surface area contributed by atoms with E-state index in [9.17, 15) is 39.6 Å². The number of aliphatic hydroxyl groups excluding tert-OH is 2. The number of allylic oxidation sites excluding steroid dienone is 1. The number of Topliss-reactive ketones (excluding diaryl/α,β-unsaturated/α-hetero) is 2. The van der Waals surface area contributed by atoms with Crippen molar-refractivity contribution in [3.8, 4) is 5.75 Å². The van der Waals surface area contributed by atoms with Crippen LogP contribution in [0.3, 0.4) is 0 Å². The minimum absolute atomic E-state index is 0.00761. The Balaban J connectivity index is 1.58. The number of ketones is 2. The first kappa shape index (κ1) is 31.5. The van der Waals surface area contributed by atoms with E-state index in [1.165, 1.54) is 4.90 Å². The number of piperidine rings is 1. The number of carbonyl (C=O) groups excluding carboxylic acids is 4. The number of aromatic hydroxyl groups is 1. The van der Waals surface area contributed by atoms with Crippen molar-refractivity contribution in [1.82, 2.24) is 9.80 Å². The van der Waals surface area contributed by atoms with E-state index in [0.717, 1.165) is 25.9 Å². The van der Waals surface area contributed by atoms with Crippen LogP contribution in [0.25, 0.3) is 0 Å². The van der Waals surface area contributed by atoms with Crippen molar-refractivity contribution in [2.45, 2.75) is 44.2 Å². The standard InChI is InChI=1S/C31H41N5O8/c1-14-6-8-36(9-7-14)13-20(37)33-18-12-19(34(2)3)16-10-15-11-17-24(35(4)5)27(40)23(30(32)43)29(42)31(17,44)28(41)21(15)26(39)22(16)25(18)38/h12,14-15,17,24,38,40-41,44H,6-11,13H2,1-5H3,(H2,32,43)(H,33,37)/t15?,17?,24-,31-/m0/s1. The SMILES string of the molecule is CC1CCN(CC(=O)Nc2cc(N(C)C)c3c(c2O)C(=O)C2=C(O)[C@]4(O)C(=O)C(C(N)=O)=C(O)[C@@H](N(C)C)C4CC2C3)CC1. The van der Waals surface area contributed by atoms with Crippen LogP contribution in [0.2, 0.25) is 0 Å². The molecule has 1 heterocycles. The lowest BCUT2D eigenvalue weighted by Gasteiger charge is -2.50. The van der Waals surface area contributed by atoms with Crippen molar-refractivity contribution >= 4 is 34.8 Å². The van der Waals surface area contributed by atoms with Gasteiger partial charge in [0, 0.05) is 31.3 Å². The summed E-state index contributed by atoms with van der Waals surface area (Å²) >= 11 is 0. The van der Waals surface area contributed by atoms with Crippen LogP contribution in [-0.2, 0) is 20.8 Å². The fourth-order valence-corrected chi connectivity index (χ4v) is 7.41. The minimum Gasteiger partial charge on any atom is -0.510 e. The van der Waals surface area contributed by atoms with Crippen LogP contribution < -0.4 is 16.0 Å². The molecule has 3 aliphatic carbocycles. The van der Waals surface area contributed by atoms with Crippen LogP contribution in [0.4, 0.5) is 11.4 Å². The number of rotatable bonds is 6. The molecule has 44 heavy (non-hydrogen) atoms. The van der Waals surface area contributed by atoms with Crippen LogP contribution in [0.5, 0.6) is 5.75 Å². The zero-order chi connectivity index (χ0) is 32.4. The van der Waals surface area contributed by atoms with E-state index in [-0.39, 0.29) is 42.1 Å². The van der Waals surface area contributed by atoms with E-state index in [1.807, 2.05) is 4.90 Å². The van der Waals surface area contributed by atoms with Gasteiger partial charge in [0.2, 0.25) is 11.7 Å². The third-order valence-corrected chi connectivity index (χ3v) is 9.70. The molecule has 13 nitrogen and oxygen atoms in total. The summed E-state index contributed by atoms with van der Waals surface area (Å²) in [5.41, 5.74) is 2.48. The van der Waals surface area contributed by atoms with E-state index in [4.69, 9.17) is 5.73 Å². The first-order valence-electron chi connectivity index (χ1n) is 14.8. The number of hydrogen-bond donors (Lipinski definition) is 6. The quantitative estimate of drug-likeness (QED) is 0.197. The highest BCUT2D eigenvalue weighted by Crippen LogP contribution is 2.53. The number of likely N-dealkylation sites (tertiary alicyclic amines) is 1. The first-order valence-corrected chi connectivity index (χ1v) is 14.8. The Morgan fingerprint density at radius 2 is 1.75 bits per heavy atom. The Morgan fingerprint density at radius 3 is 2.32 bits per heavy atom.